The summed E-state index contributed by atoms with van der Waals surface area (Å²) in [4.78, 5) is 10.8. The molecule has 0 bridgehead atoms. The zero-order valence-electron chi connectivity index (χ0n) is 12.8. The fourth-order valence-electron chi connectivity index (χ4n) is 1.95. The molecule has 2 heteroatoms. The van der Waals surface area contributed by atoms with E-state index < -0.39 is 5.97 Å². The number of carbonyl (C=O) groups is 1. The molecule has 19 heavy (non-hydrogen) atoms. The number of hydrogen-bond donors (Lipinski definition) is 1. The van der Waals surface area contributed by atoms with Crippen molar-refractivity contribution < 1.29 is 9.90 Å². The minimum absolute atomic E-state index is 0.154. The Kier molecular flexibility index (Phi) is 8.13. The maximum atomic E-state index is 10.8. The van der Waals surface area contributed by atoms with Gasteiger partial charge in [-0.1, -0.05) is 36.3 Å². The molecule has 0 radical (unpaired) electrons. The van der Waals surface area contributed by atoms with E-state index in [0.29, 0.717) is 0 Å². The van der Waals surface area contributed by atoms with Crippen LogP contribution in [0.15, 0.2) is 36.0 Å². The third kappa shape index (κ3) is 9.29. The lowest BCUT2D eigenvalue weighted by molar-refractivity contribution is -0.138. The Bertz CT molecular complexity index is 359. The van der Waals surface area contributed by atoms with E-state index >= 15 is 0 Å². The lowest BCUT2D eigenvalue weighted by Gasteiger charge is -2.22. The summed E-state index contributed by atoms with van der Waals surface area (Å²) < 4.78 is 0. The van der Waals surface area contributed by atoms with Crippen LogP contribution >= 0.6 is 0 Å². The van der Waals surface area contributed by atoms with Gasteiger partial charge in [-0.15, -0.1) is 6.58 Å². The highest BCUT2D eigenvalue weighted by Crippen LogP contribution is 2.29. The predicted molar refractivity (Wildman–Crippen MR) is 82.2 cm³/mol. The molecule has 0 saturated heterocycles. The quantitative estimate of drug-likeness (QED) is 0.586. The molecule has 0 amide bonds. The molecular formula is C17H28O2. The van der Waals surface area contributed by atoms with Crippen molar-refractivity contribution in [3.8, 4) is 0 Å². The van der Waals surface area contributed by atoms with E-state index in [1.165, 1.54) is 11.1 Å². The first kappa shape index (κ1) is 17.7. The Morgan fingerprint density at radius 1 is 1.21 bits per heavy atom. The first-order valence-electron chi connectivity index (χ1n) is 6.93. The zero-order chi connectivity index (χ0) is 14.9. The van der Waals surface area contributed by atoms with Crippen molar-refractivity contribution >= 4 is 5.97 Å². The van der Waals surface area contributed by atoms with Crippen molar-refractivity contribution in [3.63, 3.8) is 0 Å². The van der Waals surface area contributed by atoms with Crippen LogP contribution in [0.2, 0.25) is 0 Å². The molecule has 0 aliphatic carbocycles. The van der Waals surface area contributed by atoms with Crippen LogP contribution < -0.4 is 0 Å². The normalized spacial score (nSPS) is 14.6. The number of allylic oxidation sites excluding steroid dienone is 5. The highest BCUT2D eigenvalue weighted by molar-refractivity contribution is 5.68. The van der Waals surface area contributed by atoms with Gasteiger partial charge in [-0.3, -0.25) is 4.79 Å². The molecule has 0 aliphatic heterocycles. The van der Waals surface area contributed by atoms with Gasteiger partial charge in [0.1, 0.15) is 0 Å². The Morgan fingerprint density at radius 3 is 2.32 bits per heavy atom. The summed E-state index contributed by atoms with van der Waals surface area (Å²) in [6.45, 7) is 12.1. The molecule has 108 valence electrons. The number of aliphatic carboxylic acids is 1. The van der Waals surface area contributed by atoms with E-state index in [-0.39, 0.29) is 11.8 Å². The van der Waals surface area contributed by atoms with Crippen LogP contribution in [0.1, 0.15) is 59.8 Å². The van der Waals surface area contributed by atoms with Crippen molar-refractivity contribution in [2.24, 2.45) is 5.41 Å². The number of carboxylic acids is 1. The fourth-order valence-corrected chi connectivity index (χ4v) is 1.95. The lowest BCUT2D eigenvalue weighted by Crippen LogP contribution is -2.17. The smallest absolute Gasteiger partial charge is 0.304 e. The van der Waals surface area contributed by atoms with E-state index in [1.54, 1.807) is 6.08 Å². The second-order valence-corrected chi connectivity index (χ2v) is 5.84. The van der Waals surface area contributed by atoms with Gasteiger partial charge in [-0.05, 0) is 51.9 Å². The van der Waals surface area contributed by atoms with Gasteiger partial charge >= 0.3 is 5.97 Å². The molecule has 1 atom stereocenters. The molecular weight excluding hydrogens is 236 g/mol. The molecule has 0 aliphatic rings. The Balaban J connectivity index is 4.20. The molecule has 0 spiro atoms. The summed E-state index contributed by atoms with van der Waals surface area (Å²) in [5, 5.41) is 8.89. The molecule has 0 rings (SSSR count). The van der Waals surface area contributed by atoms with Gasteiger partial charge in [-0.25, -0.2) is 0 Å². The van der Waals surface area contributed by atoms with Crippen LogP contribution in [-0.4, -0.2) is 11.1 Å². The molecule has 0 aromatic carbocycles. The lowest BCUT2D eigenvalue weighted by atomic mass is 9.82. The van der Waals surface area contributed by atoms with Gasteiger partial charge in [0.05, 0.1) is 6.42 Å². The van der Waals surface area contributed by atoms with Gasteiger partial charge in [0.2, 0.25) is 0 Å². The average molecular weight is 264 g/mol. The Hall–Kier alpha value is -1.31. The molecule has 1 unspecified atom stereocenters. The third-order valence-electron chi connectivity index (χ3n) is 3.35. The second kappa shape index (κ2) is 8.73. The van der Waals surface area contributed by atoms with E-state index in [0.717, 1.165) is 25.7 Å². The molecule has 0 fully saturated rings. The van der Waals surface area contributed by atoms with Gasteiger partial charge in [-0.2, -0.15) is 0 Å². The van der Waals surface area contributed by atoms with Crippen LogP contribution in [-0.2, 0) is 4.79 Å². The van der Waals surface area contributed by atoms with Crippen LogP contribution in [0.3, 0.4) is 0 Å². The molecule has 0 aromatic heterocycles. The first-order valence-corrected chi connectivity index (χ1v) is 6.93. The van der Waals surface area contributed by atoms with Gasteiger partial charge in [0.25, 0.3) is 0 Å². The molecule has 0 aromatic rings. The maximum Gasteiger partial charge on any atom is 0.304 e. The van der Waals surface area contributed by atoms with Gasteiger partial charge in [0.15, 0.2) is 0 Å². The van der Waals surface area contributed by atoms with Gasteiger partial charge in [0, 0.05) is 0 Å². The average Bonchev–Trinajstić information content (AvgIpc) is 2.27. The van der Waals surface area contributed by atoms with Crippen molar-refractivity contribution in [1.29, 1.82) is 0 Å². The molecule has 2 nitrogen and oxygen atoms in total. The Morgan fingerprint density at radius 2 is 1.84 bits per heavy atom. The summed E-state index contributed by atoms with van der Waals surface area (Å²) in [6.07, 6.45) is 10.3. The predicted octanol–water partition coefficient (Wildman–Crippen LogP) is 5.13. The van der Waals surface area contributed by atoms with E-state index in [4.69, 9.17) is 5.11 Å². The summed E-state index contributed by atoms with van der Waals surface area (Å²) in [6, 6.07) is 0. The summed E-state index contributed by atoms with van der Waals surface area (Å²) in [5.74, 6) is -0.758. The molecule has 0 saturated carbocycles. The maximum absolute atomic E-state index is 10.8. The third-order valence-corrected chi connectivity index (χ3v) is 3.35. The molecule has 0 heterocycles. The highest BCUT2D eigenvalue weighted by atomic mass is 16.4. The second-order valence-electron chi connectivity index (χ2n) is 5.84. The van der Waals surface area contributed by atoms with Crippen molar-refractivity contribution in [3.05, 3.63) is 36.0 Å². The summed E-state index contributed by atoms with van der Waals surface area (Å²) >= 11 is 0. The minimum atomic E-state index is -0.758. The van der Waals surface area contributed by atoms with Crippen LogP contribution in [0.25, 0.3) is 0 Å². The Labute approximate surface area is 117 Å². The van der Waals surface area contributed by atoms with Crippen LogP contribution in [0.5, 0.6) is 0 Å². The van der Waals surface area contributed by atoms with Crippen LogP contribution in [0.4, 0.5) is 0 Å². The first-order chi connectivity index (χ1) is 8.79. The number of rotatable bonds is 9. The SMILES string of the molecule is C=CC(C)(CC/C=C(/C)CCC=C(C)C)CC(=O)O. The van der Waals surface area contributed by atoms with E-state index in [1.807, 2.05) is 6.92 Å². The van der Waals surface area contributed by atoms with Crippen molar-refractivity contribution in [1.82, 2.24) is 0 Å². The fraction of sp³-hybridized carbons (Fsp3) is 0.588. The van der Waals surface area contributed by atoms with Crippen LogP contribution in [0, 0.1) is 5.41 Å². The van der Waals surface area contributed by atoms with Crippen molar-refractivity contribution in [2.45, 2.75) is 59.8 Å². The largest absolute Gasteiger partial charge is 0.481 e. The number of hydrogen-bond acceptors (Lipinski definition) is 1. The highest BCUT2D eigenvalue weighted by Gasteiger charge is 2.22. The van der Waals surface area contributed by atoms with E-state index in [9.17, 15) is 4.79 Å². The van der Waals surface area contributed by atoms with Crippen molar-refractivity contribution in [2.75, 3.05) is 0 Å². The molecule has 1 N–H and O–H groups in total. The van der Waals surface area contributed by atoms with Gasteiger partial charge < -0.3 is 5.11 Å². The number of carboxylic acid groups (broad SMARTS) is 1. The monoisotopic (exact) mass is 264 g/mol. The topological polar surface area (TPSA) is 37.3 Å². The zero-order valence-corrected chi connectivity index (χ0v) is 12.8. The minimum Gasteiger partial charge on any atom is -0.481 e. The van der Waals surface area contributed by atoms with E-state index in [2.05, 4.69) is 39.5 Å². The summed E-state index contributed by atoms with van der Waals surface area (Å²) in [5.41, 5.74) is 2.43. The summed E-state index contributed by atoms with van der Waals surface area (Å²) in [7, 11) is 0. The standard InChI is InChI=1S/C17H28O2/c1-6-17(5,13-16(18)19)12-8-11-15(4)10-7-9-14(2)3/h6,9,11H,1,7-8,10,12-13H2,2-5H3,(H,18,19)/b15-11-.